The SMILES string of the molecule is Cc1cc([N+](=O)[O-])ccc1C(O)O.[Ac].[Ac]. The Bertz CT molecular complexity index is 343. The van der Waals surface area contributed by atoms with Crippen LogP contribution in [0.2, 0.25) is 0 Å². The molecule has 7 heteroatoms. The van der Waals surface area contributed by atoms with Gasteiger partial charge in [0.1, 0.15) is 0 Å². The van der Waals surface area contributed by atoms with Gasteiger partial charge in [-0.3, -0.25) is 10.1 Å². The molecule has 0 heterocycles. The zero-order chi connectivity index (χ0) is 10.0. The number of hydrogen-bond acceptors (Lipinski definition) is 4. The van der Waals surface area contributed by atoms with Gasteiger partial charge in [0.15, 0.2) is 6.29 Å². The molecule has 0 bridgehead atoms. The first-order chi connectivity index (χ1) is 6.02. The van der Waals surface area contributed by atoms with Crippen LogP contribution in [0.15, 0.2) is 18.2 Å². The number of non-ortho nitro benzene ring substituents is 1. The minimum atomic E-state index is -1.58. The maximum atomic E-state index is 10.3. The molecule has 0 saturated carbocycles. The third-order valence-electron chi connectivity index (χ3n) is 1.74. The number of rotatable bonds is 2. The summed E-state index contributed by atoms with van der Waals surface area (Å²) in [6, 6.07) is 3.87. The first-order valence-corrected chi connectivity index (χ1v) is 3.63. The third kappa shape index (κ3) is 5.53. The number of nitro groups is 1. The van der Waals surface area contributed by atoms with Gasteiger partial charge in [0.05, 0.1) is 4.92 Å². The van der Waals surface area contributed by atoms with Gasteiger partial charge in [-0.15, -0.1) is 0 Å². The monoisotopic (exact) mass is 637 g/mol. The fourth-order valence-corrected chi connectivity index (χ4v) is 1.06. The average molecular weight is 637 g/mol. The van der Waals surface area contributed by atoms with Crippen LogP contribution in [0.3, 0.4) is 0 Å². The Morgan fingerprint density at radius 1 is 1.33 bits per heavy atom. The van der Waals surface area contributed by atoms with Crippen molar-refractivity contribution in [1.29, 1.82) is 0 Å². The number of hydrogen-bond donors (Lipinski definition) is 2. The maximum absolute atomic E-state index is 10.3. The number of aliphatic hydroxyl groups is 2. The van der Waals surface area contributed by atoms with Gasteiger partial charge in [0.25, 0.3) is 5.69 Å². The summed E-state index contributed by atoms with van der Waals surface area (Å²) < 4.78 is 0. The van der Waals surface area contributed by atoms with Gasteiger partial charge in [-0.05, 0) is 18.6 Å². The van der Waals surface area contributed by atoms with Crippen molar-refractivity contribution in [2.24, 2.45) is 0 Å². The van der Waals surface area contributed by atoms with Crippen molar-refractivity contribution in [3.05, 3.63) is 39.4 Å². The van der Waals surface area contributed by atoms with E-state index < -0.39 is 11.2 Å². The predicted octanol–water partition coefficient (Wildman–Crippen LogP) is 0.886. The minimum Gasteiger partial charge on any atom is -0.364 e. The van der Waals surface area contributed by atoms with Crippen LogP contribution in [-0.2, 0) is 0 Å². The van der Waals surface area contributed by atoms with Crippen molar-refractivity contribution in [1.82, 2.24) is 0 Å². The molecule has 15 heavy (non-hydrogen) atoms. The Kier molecular flexibility index (Phi) is 10.6. The molecule has 1 rings (SSSR count). The van der Waals surface area contributed by atoms with Gasteiger partial charge in [0, 0.05) is 106 Å². The van der Waals surface area contributed by atoms with Crippen molar-refractivity contribution in [3.63, 3.8) is 0 Å². The van der Waals surface area contributed by atoms with Gasteiger partial charge in [0.2, 0.25) is 0 Å². The summed E-state index contributed by atoms with van der Waals surface area (Å²) in [6.07, 6.45) is -1.58. The molecule has 0 spiro atoms. The molecule has 5 nitrogen and oxygen atoms in total. The Morgan fingerprint density at radius 2 is 1.87 bits per heavy atom. The largest absolute Gasteiger partial charge is 0.364 e. The van der Waals surface area contributed by atoms with Crippen molar-refractivity contribution < 1.29 is 103 Å². The molecule has 0 saturated heterocycles. The van der Waals surface area contributed by atoms with E-state index in [1.807, 2.05) is 0 Å². The Morgan fingerprint density at radius 3 is 2.20 bits per heavy atom. The molecule has 0 fully saturated rings. The van der Waals surface area contributed by atoms with Crippen LogP contribution in [-0.4, -0.2) is 15.1 Å². The standard InChI is InChI=1S/C8H9NO4.2Ac/c1-5-4-6(9(12)13)2-3-7(5)8(10)11;;/h2-4,8,10-11H,1H3;;. The van der Waals surface area contributed by atoms with Gasteiger partial charge in [-0.25, -0.2) is 0 Å². The Labute approximate surface area is 159 Å². The van der Waals surface area contributed by atoms with Crippen LogP contribution in [0.25, 0.3) is 0 Å². The number of nitro benzene ring substituents is 1. The van der Waals surface area contributed by atoms with Crippen LogP contribution in [0.1, 0.15) is 17.4 Å². The van der Waals surface area contributed by atoms with Crippen LogP contribution < -0.4 is 0 Å². The maximum Gasteiger partial charge on any atom is 0.269 e. The van der Waals surface area contributed by atoms with Crippen LogP contribution in [0.5, 0.6) is 0 Å². The van der Waals surface area contributed by atoms with Gasteiger partial charge in [-0.1, -0.05) is 0 Å². The molecule has 1 aromatic rings. The summed E-state index contributed by atoms with van der Waals surface area (Å²) in [6.45, 7) is 1.59. The fourth-order valence-electron chi connectivity index (χ4n) is 1.06. The second-order valence-electron chi connectivity index (χ2n) is 2.67. The average Bonchev–Trinajstić information content (AvgIpc) is 2.03. The molecule has 0 aromatic heterocycles. The predicted molar refractivity (Wildman–Crippen MR) is 45.0 cm³/mol. The summed E-state index contributed by atoms with van der Waals surface area (Å²) in [4.78, 5) is 9.79. The quantitative estimate of drug-likeness (QED) is 0.287. The smallest absolute Gasteiger partial charge is 0.269 e. The Hall–Kier alpha value is 1.42. The molecule has 1 aromatic carbocycles. The number of aryl methyl sites for hydroxylation is 1. The zero-order valence-electron chi connectivity index (χ0n) is 8.12. The first-order valence-electron chi connectivity index (χ1n) is 3.63. The first kappa shape index (κ1) is 18.8. The number of nitrogens with zero attached hydrogens (tertiary/aromatic N) is 1. The molecule has 0 atom stereocenters. The van der Waals surface area contributed by atoms with E-state index in [1.54, 1.807) is 6.92 Å². The van der Waals surface area contributed by atoms with Crippen LogP contribution in [0, 0.1) is 105 Å². The van der Waals surface area contributed by atoms with E-state index in [-0.39, 0.29) is 99.4 Å². The number of aliphatic hydroxyl groups excluding tert-OH is 1. The van der Waals surface area contributed by atoms with E-state index in [0.29, 0.717) is 5.56 Å². The molecule has 0 aliphatic rings. The van der Waals surface area contributed by atoms with Crippen LogP contribution in [0.4, 0.5) is 5.69 Å². The second-order valence-corrected chi connectivity index (χ2v) is 2.67. The Balaban J connectivity index is 0. The minimum absolute atomic E-state index is 0. The van der Waals surface area contributed by atoms with E-state index in [2.05, 4.69) is 0 Å². The van der Waals surface area contributed by atoms with Gasteiger partial charge >= 0.3 is 0 Å². The van der Waals surface area contributed by atoms with E-state index in [4.69, 9.17) is 10.2 Å². The molecule has 0 aliphatic carbocycles. The summed E-state index contributed by atoms with van der Waals surface area (Å²) in [7, 11) is 0. The summed E-state index contributed by atoms with van der Waals surface area (Å²) in [5.41, 5.74) is 0.719. The number of benzene rings is 1. The van der Waals surface area contributed by atoms with E-state index in [1.165, 1.54) is 18.2 Å². The normalized spacial score (nSPS) is 9.07. The summed E-state index contributed by atoms with van der Waals surface area (Å²) in [5, 5.41) is 28.0. The van der Waals surface area contributed by atoms with E-state index in [9.17, 15) is 10.1 Å². The van der Waals surface area contributed by atoms with Crippen molar-refractivity contribution in [2.45, 2.75) is 13.2 Å². The topological polar surface area (TPSA) is 83.6 Å². The van der Waals surface area contributed by atoms with Crippen molar-refractivity contribution >= 4 is 5.69 Å². The van der Waals surface area contributed by atoms with Gasteiger partial charge in [-0.2, -0.15) is 0 Å². The molecule has 0 amide bonds. The zero-order valence-corrected chi connectivity index (χ0v) is 17.6. The molecule has 2 radical (unpaired) electrons. The molecular weight excluding hydrogens is 628 g/mol. The molecule has 2 N–H and O–H groups in total. The van der Waals surface area contributed by atoms with Crippen molar-refractivity contribution in [3.8, 4) is 0 Å². The van der Waals surface area contributed by atoms with Crippen molar-refractivity contribution in [2.75, 3.05) is 0 Å². The molecule has 76 valence electrons. The van der Waals surface area contributed by atoms with E-state index >= 15 is 0 Å². The summed E-state index contributed by atoms with van der Waals surface area (Å²) >= 11 is 0. The molecular formula is C8H9Ac2NO4. The van der Waals surface area contributed by atoms with Gasteiger partial charge < -0.3 is 10.2 Å². The van der Waals surface area contributed by atoms with E-state index in [0.717, 1.165) is 0 Å². The molecule has 0 unspecified atom stereocenters. The second kappa shape index (κ2) is 8.50. The molecule has 0 aliphatic heterocycles. The summed E-state index contributed by atoms with van der Waals surface area (Å²) in [5.74, 6) is 0. The van der Waals surface area contributed by atoms with Crippen LogP contribution >= 0.6 is 0 Å². The third-order valence-corrected chi connectivity index (χ3v) is 1.74. The fraction of sp³-hybridized carbons (Fsp3) is 0.250.